The summed E-state index contributed by atoms with van der Waals surface area (Å²) >= 11 is 0. The molecule has 2 nitrogen and oxygen atoms in total. The molecule has 2 aliphatic carbocycles. The molecule has 1 saturated heterocycles. The molecule has 0 spiro atoms. The molecule has 0 aromatic rings. The Labute approximate surface area is 110 Å². The SMILES string of the molecule is CC12CCC(C(=CN3CCCCC3)C1=O)C2(C)C. The summed E-state index contributed by atoms with van der Waals surface area (Å²) in [6.07, 6.45) is 8.42. The number of piperidine rings is 1. The van der Waals surface area contributed by atoms with Crippen LogP contribution in [0.1, 0.15) is 52.9 Å². The van der Waals surface area contributed by atoms with Crippen LogP contribution in [0.2, 0.25) is 0 Å². The third kappa shape index (κ3) is 1.44. The molecule has 2 unspecified atom stereocenters. The summed E-state index contributed by atoms with van der Waals surface area (Å²) in [7, 11) is 0. The van der Waals surface area contributed by atoms with Crippen molar-refractivity contribution >= 4 is 5.78 Å². The van der Waals surface area contributed by atoms with E-state index in [0.29, 0.717) is 11.7 Å². The molecule has 0 aromatic heterocycles. The molecule has 18 heavy (non-hydrogen) atoms. The largest absolute Gasteiger partial charge is 0.377 e. The lowest BCUT2D eigenvalue weighted by molar-refractivity contribution is -0.125. The Morgan fingerprint density at radius 3 is 2.39 bits per heavy atom. The average Bonchev–Trinajstić information content (AvgIpc) is 2.65. The number of ketones is 1. The maximum absolute atomic E-state index is 12.7. The van der Waals surface area contributed by atoms with Crippen LogP contribution in [0.5, 0.6) is 0 Å². The molecule has 3 aliphatic rings. The Bertz CT molecular complexity index is 403. The van der Waals surface area contributed by atoms with Gasteiger partial charge in [-0.2, -0.15) is 0 Å². The van der Waals surface area contributed by atoms with Gasteiger partial charge in [0.05, 0.1) is 0 Å². The summed E-state index contributed by atoms with van der Waals surface area (Å²) in [6.45, 7) is 9.05. The van der Waals surface area contributed by atoms with Gasteiger partial charge in [0.25, 0.3) is 0 Å². The lowest BCUT2D eigenvalue weighted by atomic mass is 9.70. The molecule has 2 saturated carbocycles. The number of carbonyl (C=O) groups is 1. The van der Waals surface area contributed by atoms with Gasteiger partial charge in [0.1, 0.15) is 0 Å². The third-order valence-electron chi connectivity index (χ3n) is 6.08. The van der Waals surface area contributed by atoms with Crippen molar-refractivity contribution in [2.24, 2.45) is 16.7 Å². The number of carbonyl (C=O) groups excluding carboxylic acids is 1. The lowest BCUT2D eigenvalue weighted by Gasteiger charge is -2.31. The van der Waals surface area contributed by atoms with Crippen molar-refractivity contribution in [1.29, 1.82) is 0 Å². The van der Waals surface area contributed by atoms with Gasteiger partial charge in [0.15, 0.2) is 5.78 Å². The normalized spacial score (nSPS) is 40.8. The summed E-state index contributed by atoms with van der Waals surface area (Å²) in [5.41, 5.74) is 1.20. The summed E-state index contributed by atoms with van der Waals surface area (Å²) in [5, 5.41) is 0. The molecule has 0 N–H and O–H groups in total. The van der Waals surface area contributed by atoms with Crippen LogP contribution in [0.25, 0.3) is 0 Å². The third-order valence-corrected chi connectivity index (χ3v) is 6.08. The van der Waals surface area contributed by atoms with E-state index in [1.807, 2.05) is 0 Å². The first-order valence-corrected chi connectivity index (χ1v) is 7.47. The summed E-state index contributed by atoms with van der Waals surface area (Å²) < 4.78 is 0. The zero-order valence-corrected chi connectivity index (χ0v) is 12.0. The van der Waals surface area contributed by atoms with E-state index >= 15 is 0 Å². The number of rotatable bonds is 1. The first kappa shape index (κ1) is 12.3. The second-order valence-electron chi connectivity index (χ2n) is 7.16. The number of hydrogen-bond acceptors (Lipinski definition) is 2. The molecule has 100 valence electrons. The van der Waals surface area contributed by atoms with Crippen molar-refractivity contribution in [3.8, 4) is 0 Å². The number of Topliss-reactive ketones (excluding diaryl/α,β-unsaturated/α-hetero) is 1. The molecule has 0 aromatic carbocycles. The molecule has 0 radical (unpaired) electrons. The highest BCUT2D eigenvalue weighted by Gasteiger charge is 2.64. The van der Waals surface area contributed by atoms with Gasteiger partial charge in [0.2, 0.25) is 0 Å². The van der Waals surface area contributed by atoms with E-state index < -0.39 is 0 Å². The van der Waals surface area contributed by atoms with Crippen LogP contribution in [0, 0.1) is 16.7 Å². The van der Waals surface area contributed by atoms with E-state index in [-0.39, 0.29) is 10.8 Å². The smallest absolute Gasteiger partial charge is 0.167 e. The maximum atomic E-state index is 12.7. The molecule has 2 bridgehead atoms. The van der Waals surface area contributed by atoms with E-state index in [4.69, 9.17) is 0 Å². The van der Waals surface area contributed by atoms with Crippen molar-refractivity contribution in [2.75, 3.05) is 13.1 Å². The van der Waals surface area contributed by atoms with Gasteiger partial charge in [-0.1, -0.05) is 20.8 Å². The van der Waals surface area contributed by atoms with E-state index in [2.05, 4.69) is 31.9 Å². The number of allylic oxidation sites excluding steroid dienone is 1. The summed E-state index contributed by atoms with van der Waals surface area (Å²) in [4.78, 5) is 15.1. The zero-order chi connectivity index (χ0) is 13.0. The standard InChI is InChI=1S/C16H25NO/c1-15(2)13-7-8-16(15,3)14(18)12(13)11-17-9-5-4-6-10-17/h11,13H,4-10H2,1-3H3. The van der Waals surface area contributed by atoms with Crippen LogP contribution >= 0.6 is 0 Å². The van der Waals surface area contributed by atoms with Crippen LogP contribution in [-0.2, 0) is 4.79 Å². The van der Waals surface area contributed by atoms with Crippen LogP contribution in [0.15, 0.2) is 11.8 Å². The van der Waals surface area contributed by atoms with Gasteiger partial charge in [-0.15, -0.1) is 0 Å². The number of fused-ring (bicyclic) bond motifs is 2. The Hall–Kier alpha value is -0.790. The van der Waals surface area contributed by atoms with Gasteiger partial charge in [0, 0.05) is 30.3 Å². The monoisotopic (exact) mass is 247 g/mol. The lowest BCUT2D eigenvalue weighted by Crippen LogP contribution is -2.32. The summed E-state index contributed by atoms with van der Waals surface area (Å²) in [5.74, 6) is 0.936. The fraction of sp³-hybridized carbons (Fsp3) is 0.812. The highest BCUT2D eigenvalue weighted by atomic mass is 16.1. The molecule has 1 aliphatic heterocycles. The van der Waals surface area contributed by atoms with Crippen molar-refractivity contribution < 1.29 is 4.79 Å². The Balaban J connectivity index is 1.90. The molecule has 3 fully saturated rings. The quantitative estimate of drug-likeness (QED) is 0.662. The minimum absolute atomic E-state index is 0.0979. The molecule has 3 rings (SSSR count). The topological polar surface area (TPSA) is 20.3 Å². The Kier molecular flexibility index (Phi) is 2.62. The predicted molar refractivity (Wildman–Crippen MR) is 73.1 cm³/mol. The van der Waals surface area contributed by atoms with Crippen LogP contribution < -0.4 is 0 Å². The van der Waals surface area contributed by atoms with E-state index in [1.165, 1.54) is 25.7 Å². The predicted octanol–water partition coefficient (Wildman–Crippen LogP) is 3.38. The Morgan fingerprint density at radius 2 is 1.83 bits per heavy atom. The molecule has 2 heteroatoms. The van der Waals surface area contributed by atoms with Crippen molar-refractivity contribution in [2.45, 2.75) is 52.9 Å². The van der Waals surface area contributed by atoms with Crippen molar-refractivity contribution in [1.82, 2.24) is 4.90 Å². The molecule has 2 atom stereocenters. The van der Waals surface area contributed by atoms with E-state index in [0.717, 1.165) is 25.1 Å². The molecular formula is C16H25NO. The second-order valence-corrected chi connectivity index (χ2v) is 7.16. The number of nitrogens with zero attached hydrogens (tertiary/aromatic N) is 1. The first-order chi connectivity index (χ1) is 8.47. The van der Waals surface area contributed by atoms with E-state index in [1.54, 1.807) is 0 Å². The van der Waals surface area contributed by atoms with Crippen LogP contribution in [-0.4, -0.2) is 23.8 Å². The average molecular weight is 247 g/mol. The Morgan fingerprint density at radius 1 is 1.17 bits per heavy atom. The van der Waals surface area contributed by atoms with Crippen molar-refractivity contribution in [3.05, 3.63) is 11.8 Å². The van der Waals surface area contributed by atoms with E-state index in [9.17, 15) is 4.79 Å². The highest BCUT2D eigenvalue weighted by Crippen LogP contribution is 2.65. The summed E-state index contributed by atoms with van der Waals surface area (Å²) in [6, 6.07) is 0. The minimum atomic E-state index is -0.0979. The second kappa shape index (κ2) is 3.85. The van der Waals surface area contributed by atoms with Gasteiger partial charge in [-0.05, 0) is 43.4 Å². The maximum Gasteiger partial charge on any atom is 0.167 e. The first-order valence-electron chi connectivity index (χ1n) is 7.47. The molecule has 1 heterocycles. The fourth-order valence-electron chi connectivity index (χ4n) is 4.32. The van der Waals surface area contributed by atoms with Crippen LogP contribution in [0.3, 0.4) is 0 Å². The minimum Gasteiger partial charge on any atom is -0.377 e. The van der Waals surface area contributed by atoms with Gasteiger partial charge in [-0.25, -0.2) is 0 Å². The van der Waals surface area contributed by atoms with Gasteiger partial charge >= 0.3 is 0 Å². The molecular weight excluding hydrogens is 222 g/mol. The van der Waals surface area contributed by atoms with Gasteiger partial charge < -0.3 is 4.90 Å². The number of likely N-dealkylation sites (tertiary alicyclic amines) is 1. The van der Waals surface area contributed by atoms with Gasteiger partial charge in [-0.3, -0.25) is 4.79 Å². The zero-order valence-electron chi connectivity index (χ0n) is 12.0. The van der Waals surface area contributed by atoms with Crippen molar-refractivity contribution in [3.63, 3.8) is 0 Å². The molecule has 0 amide bonds. The highest BCUT2D eigenvalue weighted by molar-refractivity contribution is 6.04. The van der Waals surface area contributed by atoms with Crippen LogP contribution in [0.4, 0.5) is 0 Å². The number of hydrogen-bond donors (Lipinski definition) is 0. The fourth-order valence-corrected chi connectivity index (χ4v) is 4.32.